The average molecular weight is 408 g/mol. The van der Waals surface area contributed by atoms with E-state index in [4.69, 9.17) is 23.2 Å². The summed E-state index contributed by atoms with van der Waals surface area (Å²) >= 11 is 11.7. The summed E-state index contributed by atoms with van der Waals surface area (Å²) in [5, 5.41) is 8.92. The number of carbonyl (C=O) groups is 3. The van der Waals surface area contributed by atoms with Gasteiger partial charge in [0.05, 0.1) is 10.6 Å². The van der Waals surface area contributed by atoms with Crippen molar-refractivity contribution in [1.29, 1.82) is 0 Å². The first-order valence-corrected chi connectivity index (χ1v) is 9.06. The number of rotatable bonds is 8. The third kappa shape index (κ3) is 6.92. The molecule has 0 aliphatic heterocycles. The zero-order valence-electron chi connectivity index (χ0n) is 14.4. The fourth-order valence-electron chi connectivity index (χ4n) is 2.20. The van der Waals surface area contributed by atoms with Gasteiger partial charge in [-0.05, 0) is 36.4 Å². The minimum Gasteiger partial charge on any atom is -0.354 e. The molecule has 0 atom stereocenters. The lowest BCUT2D eigenvalue weighted by Crippen LogP contribution is -2.36. The molecule has 0 radical (unpaired) electrons. The molecule has 0 aliphatic carbocycles. The molecular formula is C19H19Cl2N3O3. The third-order valence-electron chi connectivity index (χ3n) is 3.60. The van der Waals surface area contributed by atoms with E-state index < -0.39 is 0 Å². The number of carbonyl (C=O) groups excluding carboxylic acids is 3. The molecule has 2 aromatic rings. The molecule has 27 heavy (non-hydrogen) atoms. The molecule has 0 heterocycles. The van der Waals surface area contributed by atoms with Crippen molar-refractivity contribution < 1.29 is 14.4 Å². The van der Waals surface area contributed by atoms with E-state index in [0.29, 0.717) is 21.2 Å². The van der Waals surface area contributed by atoms with Crippen molar-refractivity contribution >= 4 is 40.9 Å². The van der Waals surface area contributed by atoms with Crippen molar-refractivity contribution in [2.24, 2.45) is 0 Å². The van der Waals surface area contributed by atoms with Crippen molar-refractivity contribution in [3.05, 3.63) is 69.7 Å². The third-order valence-corrected chi connectivity index (χ3v) is 4.18. The molecule has 3 amide bonds. The Morgan fingerprint density at radius 2 is 1.37 bits per heavy atom. The van der Waals surface area contributed by atoms with Crippen molar-refractivity contribution in [2.45, 2.75) is 6.42 Å². The second-order valence-corrected chi connectivity index (χ2v) is 6.44. The van der Waals surface area contributed by atoms with Crippen LogP contribution < -0.4 is 16.0 Å². The van der Waals surface area contributed by atoms with E-state index in [-0.39, 0.29) is 43.8 Å². The number of hydrogen-bond donors (Lipinski definition) is 3. The Morgan fingerprint density at radius 3 is 2.07 bits per heavy atom. The summed E-state index contributed by atoms with van der Waals surface area (Å²) in [7, 11) is 0. The Hall–Kier alpha value is -2.57. The van der Waals surface area contributed by atoms with Gasteiger partial charge in [0.1, 0.15) is 0 Å². The lowest BCUT2D eigenvalue weighted by atomic mass is 10.2. The van der Waals surface area contributed by atoms with E-state index in [1.807, 2.05) is 0 Å². The molecule has 2 aromatic carbocycles. The molecule has 3 N–H and O–H groups in total. The Balaban J connectivity index is 1.61. The number of amides is 3. The predicted molar refractivity (Wildman–Crippen MR) is 105 cm³/mol. The molecule has 0 bridgehead atoms. The highest BCUT2D eigenvalue weighted by Gasteiger charge is 2.09. The van der Waals surface area contributed by atoms with Crippen LogP contribution in [0.15, 0.2) is 48.5 Å². The van der Waals surface area contributed by atoms with Crippen molar-refractivity contribution in [1.82, 2.24) is 16.0 Å². The molecule has 6 nitrogen and oxygen atoms in total. The molecule has 0 saturated heterocycles. The summed E-state index contributed by atoms with van der Waals surface area (Å²) < 4.78 is 0. The molecule has 0 fully saturated rings. The van der Waals surface area contributed by atoms with Gasteiger partial charge in [-0.25, -0.2) is 0 Å². The van der Waals surface area contributed by atoms with Gasteiger partial charge in [0.25, 0.3) is 11.8 Å². The fourth-order valence-corrected chi connectivity index (χ4v) is 2.55. The Kier molecular flexibility index (Phi) is 8.10. The van der Waals surface area contributed by atoms with Gasteiger partial charge in [-0.2, -0.15) is 0 Å². The minimum absolute atomic E-state index is 0.137. The fraction of sp³-hybridized carbons (Fsp3) is 0.211. The second kappa shape index (κ2) is 10.5. The topological polar surface area (TPSA) is 87.3 Å². The van der Waals surface area contributed by atoms with Gasteiger partial charge in [0.2, 0.25) is 5.91 Å². The standard InChI is InChI=1S/C19H19Cl2N3O3/c20-14-7-5-13(6-8-14)18(26)23-10-9-17(25)22-11-12-24-19(27)15-3-1-2-4-16(15)21/h1-8H,9-12H2,(H,22,25)(H,23,26)(H,24,27). The number of nitrogens with one attached hydrogen (secondary N) is 3. The van der Waals surface area contributed by atoms with E-state index in [1.165, 1.54) is 0 Å². The van der Waals surface area contributed by atoms with Crippen LogP contribution >= 0.6 is 23.2 Å². The lowest BCUT2D eigenvalue weighted by molar-refractivity contribution is -0.120. The van der Waals surface area contributed by atoms with E-state index in [2.05, 4.69) is 16.0 Å². The van der Waals surface area contributed by atoms with Crippen LogP contribution in [0, 0.1) is 0 Å². The van der Waals surface area contributed by atoms with E-state index in [9.17, 15) is 14.4 Å². The van der Waals surface area contributed by atoms with Crippen molar-refractivity contribution in [3.8, 4) is 0 Å². The zero-order valence-corrected chi connectivity index (χ0v) is 15.9. The summed E-state index contributed by atoms with van der Waals surface area (Å²) in [4.78, 5) is 35.6. The lowest BCUT2D eigenvalue weighted by Gasteiger charge is -2.09. The van der Waals surface area contributed by atoms with Gasteiger partial charge >= 0.3 is 0 Å². The largest absolute Gasteiger partial charge is 0.354 e. The van der Waals surface area contributed by atoms with Crippen LogP contribution in [-0.4, -0.2) is 37.4 Å². The molecule has 8 heteroatoms. The number of benzene rings is 2. The van der Waals surface area contributed by atoms with E-state index in [0.717, 1.165) is 0 Å². The van der Waals surface area contributed by atoms with Crippen LogP contribution in [0.2, 0.25) is 10.0 Å². The number of halogens is 2. The predicted octanol–water partition coefficient (Wildman–Crippen LogP) is 2.66. The quantitative estimate of drug-likeness (QED) is 0.587. The summed E-state index contributed by atoms with van der Waals surface area (Å²) in [5.41, 5.74) is 0.859. The smallest absolute Gasteiger partial charge is 0.252 e. The van der Waals surface area contributed by atoms with Crippen molar-refractivity contribution in [3.63, 3.8) is 0 Å². The first kappa shape index (κ1) is 20.7. The molecule has 142 valence electrons. The normalized spacial score (nSPS) is 10.1. The summed E-state index contributed by atoms with van der Waals surface area (Å²) in [6.45, 7) is 0.756. The Bertz CT molecular complexity index is 810. The Labute approximate surface area is 167 Å². The van der Waals surface area contributed by atoms with Gasteiger partial charge in [0.15, 0.2) is 0 Å². The molecule has 2 rings (SSSR count). The zero-order chi connectivity index (χ0) is 19.6. The van der Waals surface area contributed by atoms with Gasteiger partial charge in [-0.3, -0.25) is 14.4 Å². The van der Waals surface area contributed by atoms with E-state index in [1.54, 1.807) is 48.5 Å². The second-order valence-electron chi connectivity index (χ2n) is 5.60. The molecule has 0 aromatic heterocycles. The molecule has 0 saturated carbocycles. The number of hydrogen-bond acceptors (Lipinski definition) is 3. The highest BCUT2D eigenvalue weighted by atomic mass is 35.5. The summed E-state index contributed by atoms with van der Waals surface area (Å²) in [5.74, 6) is -0.796. The highest BCUT2D eigenvalue weighted by molar-refractivity contribution is 6.33. The molecule has 0 spiro atoms. The molecule has 0 aliphatic rings. The minimum atomic E-state index is -0.301. The van der Waals surface area contributed by atoms with Crippen LogP contribution in [0.3, 0.4) is 0 Å². The maximum atomic E-state index is 11.9. The van der Waals surface area contributed by atoms with Gasteiger partial charge in [0, 0.05) is 36.6 Å². The van der Waals surface area contributed by atoms with Crippen LogP contribution in [0.4, 0.5) is 0 Å². The molecular weight excluding hydrogens is 389 g/mol. The van der Waals surface area contributed by atoms with Crippen LogP contribution in [0.1, 0.15) is 27.1 Å². The van der Waals surface area contributed by atoms with Crippen molar-refractivity contribution in [2.75, 3.05) is 19.6 Å². The molecule has 0 unspecified atom stereocenters. The van der Waals surface area contributed by atoms with Crippen LogP contribution in [-0.2, 0) is 4.79 Å². The van der Waals surface area contributed by atoms with Crippen LogP contribution in [0.25, 0.3) is 0 Å². The maximum absolute atomic E-state index is 11.9. The average Bonchev–Trinajstić information content (AvgIpc) is 2.66. The monoisotopic (exact) mass is 407 g/mol. The Morgan fingerprint density at radius 1 is 0.741 bits per heavy atom. The van der Waals surface area contributed by atoms with Gasteiger partial charge in [-0.1, -0.05) is 35.3 Å². The maximum Gasteiger partial charge on any atom is 0.252 e. The van der Waals surface area contributed by atoms with Crippen LogP contribution in [0.5, 0.6) is 0 Å². The first-order valence-electron chi connectivity index (χ1n) is 8.30. The summed E-state index contributed by atoms with van der Waals surface area (Å²) in [6.07, 6.45) is 0.137. The van der Waals surface area contributed by atoms with E-state index >= 15 is 0 Å². The SMILES string of the molecule is O=C(CCNC(=O)c1ccc(Cl)cc1)NCCNC(=O)c1ccccc1Cl. The summed E-state index contributed by atoms with van der Waals surface area (Å²) in [6, 6.07) is 13.2. The first-order chi connectivity index (χ1) is 13.0. The highest BCUT2D eigenvalue weighted by Crippen LogP contribution is 2.14. The van der Waals surface area contributed by atoms with Gasteiger partial charge in [-0.15, -0.1) is 0 Å². The van der Waals surface area contributed by atoms with Gasteiger partial charge < -0.3 is 16.0 Å².